The molecule has 3 nitrogen and oxygen atoms in total. The quantitative estimate of drug-likeness (QED) is 0.808. The number of nitrogens with zero attached hydrogens (tertiary/aromatic N) is 1. The molecule has 2 rings (SSSR count). The number of hydrogen-bond donors (Lipinski definition) is 2. The molecule has 0 saturated heterocycles. The van der Waals surface area contributed by atoms with Crippen molar-refractivity contribution in [3.8, 4) is 11.1 Å². The number of nitrogens with two attached hydrogens (primary N) is 2. The Morgan fingerprint density at radius 2 is 1.84 bits per heavy atom. The topological polar surface area (TPSA) is 64.9 Å². The van der Waals surface area contributed by atoms with Gasteiger partial charge in [0.25, 0.3) is 0 Å². The summed E-state index contributed by atoms with van der Waals surface area (Å²) in [6, 6.07) is 6.14. The molecule has 0 unspecified atom stereocenters. The molecule has 1 heterocycles. The van der Waals surface area contributed by atoms with E-state index in [2.05, 4.69) is 31.8 Å². The highest BCUT2D eigenvalue weighted by Crippen LogP contribution is 2.33. The Hall–Kier alpha value is -2.29. The summed E-state index contributed by atoms with van der Waals surface area (Å²) in [6.07, 6.45) is 5.04. The van der Waals surface area contributed by atoms with Gasteiger partial charge in [-0.05, 0) is 67.4 Å². The fraction of sp³-hybridized carbons (Fsp3) is 0.188. The van der Waals surface area contributed by atoms with E-state index in [1.165, 1.54) is 17.3 Å². The first-order valence-electron chi connectivity index (χ1n) is 6.25. The predicted octanol–water partition coefficient (Wildman–Crippen LogP) is 3.19. The van der Waals surface area contributed by atoms with Crippen LogP contribution in [0.3, 0.4) is 0 Å². The number of aryl methyl sites for hydroxylation is 2. The third-order valence-electron chi connectivity index (χ3n) is 3.43. The zero-order valence-corrected chi connectivity index (χ0v) is 11.6. The molecule has 0 aliphatic heterocycles. The van der Waals surface area contributed by atoms with Crippen LogP contribution in [0.25, 0.3) is 17.2 Å². The third kappa shape index (κ3) is 2.45. The fourth-order valence-electron chi connectivity index (χ4n) is 2.29. The summed E-state index contributed by atoms with van der Waals surface area (Å²) in [5, 5.41) is 0. The van der Waals surface area contributed by atoms with Crippen molar-refractivity contribution in [3.63, 3.8) is 0 Å². The molecule has 0 bridgehead atoms. The minimum Gasteiger partial charge on any atom is -0.405 e. The number of aromatic nitrogens is 1. The van der Waals surface area contributed by atoms with Gasteiger partial charge in [-0.15, -0.1) is 0 Å². The zero-order valence-electron chi connectivity index (χ0n) is 11.6. The number of benzene rings is 1. The van der Waals surface area contributed by atoms with Crippen LogP contribution in [-0.2, 0) is 0 Å². The van der Waals surface area contributed by atoms with E-state index in [0.717, 1.165) is 28.1 Å². The molecule has 0 atom stereocenters. The molecule has 0 amide bonds. The van der Waals surface area contributed by atoms with Crippen molar-refractivity contribution in [2.45, 2.75) is 20.8 Å². The van der Waals surface area contributed by atoms with Crippen LogP contribution in [0.2, 0.25) is 0 Å². The molecule has 4 N–H and O–H groups in total. The fourth-order valence-corrected chi connectivity index (χ4v) is 2.29. The molecule has 0 spiro atoms. The first-order chi connectivity index (χ1) is 9.04. The lowest BCUT2D eigenvalue weighted by Crippen LogP contribution is -1.99. The van der Waals surface area contributed by atoms with E-state index in [0.29, 0.717) is 0 Å². The second-order valence-corrected chi connectivity index (χ2v) is 4.75. The Kier molecular flexibility index (Phi) is 3.56. The van der Waals surface area contributed by atoms with Crippen LogP contribution in [0.4, 0.5) is 5.69 Å². The number of anilines is 1. The molecule has 0 aliphatic rings. The Balaban J connectivity index is 2.65. The molecule has 0 radical (unpaired) electrons. The van der Waals surface area contributed by atoms with E-state index < -0.39 is 0 Å². The van der Waals surface area contributed by atoms with Gasteiger partial charge in [0.1, 0.15) is 0 Å². The van der Waals surface area contributed by atoms with Crippen molar-refractivity contribution in [2.75, 3.05) is 5.73 Å². The van der Waals surface area contributed by atoms with Gasteiger partial charge < -0.3 is 11.5 Å². The highest BCUT2D eigenvalue weighted by Gasteiger charge is 2.11. The normalized spacial score (nSPS) is 11.1. The Bertz CT molecular complexity index is 643. The molecular formula is C16H19N3. The largest absolute Gasteiger partial charge is 0.405 e. The van der Waals surface area contributed by atoms with Gasteiger partial charge in [-0.3, -0.25) is 4.98 Å². The maximum absolute atomic E-state index is 6.28. The zero-order chi connectivity index (χ0) is 14.0. The van der Waals surface area contributed by atoms with Crippen molar-refractivity contribution >= 4 is 11.8 Å². The van der Waals surface area contributed by atoms with Gasteiger partial charge in [0.05, 0.1) is 5.69 Å². The third-order valence-corrected chi connectivity index (χ3v) is 3.43. The molecule has 2 aromatic rings. The first kappa shape index (κ1) is 13.1. The second kappa shape index (κ2) is 5.14. The van der Waals surface area contributed by atoms with Gasteiger partial charge in [-0.1, -0.05) is 6.07 Å². The summed E-state index contributed by atoms with van der Waals surface area (Å²) in [4.78, 5) is 4.25. The Morgan fingerprint density at radius 3 is 2.53 bits per heavy atom. The average Bonchev–Trinajstić information content (AvgIpc) is 2.37. The Labute approximate surface area is 114 Å². The predicted molar refractivity (Wildman–Crippen MR) is 81.5 cm³/mol. The minimum absolute atomic E-state index is 0.831. The van der Waals surface area contributed by atoms with E-state index in [9.17, 15) is 0 Å². The van der Waals surface area contributed by atoms with Crippen LogP contribution < -0.4 is 11.5 Å². The number of nitrogen functional groups attached to an aromatic ring is 1. The number of pyridine rings is 1. The van der Waals surface area contributed by atoms with Crippen LogP contribution in [0.15, 0.2) is 30.6 Å². The maximum Gasteiger partial charge on any atom is 0.0650 e. The molecule has 3 heteroatoms. The first-order valence-corrected chi connectivity index (χ1v) is 6.25. The van der Waals surface area contributed by atoms with E-state index in [1.54, 1.807) is 12.3 Å². The monoisotopic (exact) mass is 253 g/mol. The molecular weight excluding hydrogens is 234 g/mol. The lowest BCUT2D eigenvalue weighted by Gasteiger charge is -2.15. The van der Waals surface area contributed by atoms with Gasteiger partial charge in [-0.2, -0.15) is 0 Å². The van der Waals surface area contributed by atoms with E-state index in [-0.39, 0.29) is 0 Å². The van der Waals surface area contributed by atoms with Gasteiger partial charge in [-0.25, -0.2) is 0 Å². The van der Waals surface area contributed by atoms with Crippen LogP contribution in [0.5, 0.6) is 0 Å². The summed E-state index contributed by atoms with van der Waals surface area (Å²) in [6.45, 7) is 6.21. The van der Waals surface area contributed by atoms with E-state index >= 15 is 0 Å². The van der Waals surface area contributed by atoms with Crippen molar-refractivity contribution in [3.05, 3.63) is 53.0 Å². The van der Waals surface area contributed by atoms with Gasteiger partial charge >= 0.3 is 0 Å². The summed E-state index contributed by atoms with van der Waals surface area (Å²) in [5.41, 5.74) is 19.0. The highest BCUT2D eigenvalue weighted by molar-refractivity contribution is 5.82. The number of rotatable bonds is 2. The van der Waals surface area contributed by atoms with Crippen LogP contribution in [0.1, 0.15) is 22.4 Å². The minimum atomic E-state index is 0.831. The Morgan fingerprint density at radius 1 is 1.11 bits per heavy atom. The summed E-state index contributed by atoms with van der Waals surface area (Å²) >= 11 is 0. The molecule has 1 aromatic carbocycles. The molecule has 1 aromatic heterocycles. The van der Waals surface area contributed by atoms with E-state index in [1.807, 2.05) is 12.1 Å². The molecule has 0 saturated carbocycles. The lowest BCUT2D eigenvalue weighted by atomic mass is 9.93. The van der Waals surface area contributed by atoms with Crippen molar-refractivity contribution in [1.29, 1.82) is 0 Å². The maximum atomic E-state index is 6.28. The smallest absolute Gasteiger partial charge is 0.0650 e. The van der Waals surface area contributed by atoms with Crippen molar-refractivity contribution in [2.24, 2.45) is 5.73 Å². The average molecular weight is 253 g/mol. The van der Waals surface area contributed by atoms with Crippen molar-refractivity contribution < 1.29 is 0 Å². The summed E-state index contributed by atoms with van der Waals surface area (Å²) < 4.78 is 0. The van der Waals surface area contributed by atoms with Crippen LogP contribution in [0, 0.1) is 20.8 Å². The second-order valence-electron chi connectivity index (χ2n) is 4.75. The lowest BCUT2D eigenvalue weighted by molar-refractivity contribution is 1.27. The van der Waals surface area contributed by atoms with Crippen LogP contribution in [-0.4, -0.2) is 4.98 Å². The van der Waals surface area contributed by atoms with Gasteiger partial charge in [0.2, 0.25) is 0 Å². The summed E-state index contributed by atoms with van der Waals surface area (Å²) in [7, 11) is 0. The number of hydrogen-bond acceptors (Lipinski definition) is 3. The van der Waals surface area contributed by atoms with Crippen molar-refractivity contribution in [1.82, 2.24) is 4.98 Å². The van der Waals surface area contributed by atoms with Gasteiger partial charge in [0, 0.05) is 17.4 Å². The molecule has 0 aliphatic carbocycles. The SMILES string of the molecule is Cc1cc(C)c(-c2ccnc(/C=C\N)c2)c(N)c1C. The summed E-state index contributed by atoms with van der Waals surface area (Å²) in [5.74, 6) is 0. The molecule has 19 heavy (non-hydrogen) atoms. The van der Waals surface area contributed by atoms with Gasteiger partial charge in [0.15, 0.2) is 0 Å². The standard InChI is InChI=1S/C16H19N3/c1-10-8-11(2)15(16(18)12(10)3)13-5-7-19-14(9-13)4-6-17/h4-9H,17-18H2,1-3H3/b6-4-. The molecule has 0 fully saturated rings. The van der Waals surface area contributed by atoms with Crippen LogP contribution >= 0.6 is 0 Å². The van der Waals surface area contributed by atoms with E-state index in [4.69, 9.17) is 11.5 Å². The highest BCUT2D eigenvalue weighted by atomic mass is 14.7. The molecule has 98 valence electrons.